The molecule has 0 aliphatic heterocycles. The molecular weight excluding hydrogens is 264 g/mol. The summed E-state index contributed by atoms with van der Waals surface area (Å²) in [6.07, 6.45) is 0. The number of benzene rings is 2. The summed E-state index contributed by atoms with van der Waals surface area (Å²) in [7, 11) is 0. The smallest absolute Gasteiger partial charge is 0.227 e. The molecule has 0 saturated carbocycles. The number of oxazole rings is 1. The number of aryl methyl sites for hydroxylation is 2. The Kier molecular flexibility index (Phi) is 3.22. The Labute approximate surface area is 122 Å². The Hall–Kier alpha value is -2.62. The maximum absolute atomic E-state index is 11.1. The zero-order valence-corrected chi connectivity index (χ0v) is 12.2. The third-order valence-electron chi connectivity index (χ3n) is 3.33. The molecule has 1 amide bonds. The summed E-state index contributed by atoms with van der Waals surface area (Å²) in [5.41, 5.74) is 5.46. The van der Waals surface area contributed by atoms with Crippen molar-refractivity contribution in [2.24, 2.45) is 0 Å². The average molecular weight is 280 g/mol. The number of carbonyl (C=O) groups is 1. The lowest BCUT2D eigenvalue weighted by molar-refractivity contribution is -0.114. The molecule has 106 valence electrons. The van der Waals surface area contributed by atoms with Gasteiger partial charge in [0.1, 0.15) is 5.52 Å². The molecule has 21 heavy (non-hydrogen) atoms. The third-order valence-corrected chi connectivity index (χ3v) is 3.33. The molecule has 1 heterocycles. The predicted octanol–water partition coefficient (Wildman–Crippen LogP) is 4.07. The maximum atomic E-state index is 11.1. The summed E-state index contributed by atoms with van der Waals surface area (Å²) in [6, 6.07) is 11.7. The van der Waals surface area contributed by atoms with Gasteiger partial charge in [-0.1, -0.05) is 6.07 Å². The molecule has 0 bridgehead atoms. The van der Waals surface area contributed by atoms with Gasteiger partial charge in [0.25, 0.3) is 0 Å². The quantitative estimate of drug-likeness (QED) is 0.769. The summed E-state index contributed by atoms with van der Waals surface area (Å²) in [5.74, 6) is 0.510. The van der Waals surface area contributed by atoms with Gasteiger partial charge in [0.2, 0.25) is 11.8 Å². The molecule has 2 aromatic carbocycles. The highest BCUT2D eigenvalue weighted by molar-refractivity contribution is 5.90. The molecule has 0 spiro atoms. The van der Waals surface area contributed by atoms with E-state index in [2.05, 4.69) is 10.3 Å². The van der Waals surface area contributed by atoms with E-state index < -0.39 is 0 Å². The fourth-order valence-corrected chi connectivity index (χ4v) is 2.29. The molecule has 0 fully saturated rings. The van der Waals surface area contributed by atoms with Gasteiger partial charge in [0.15, 0.2) is 5.58 Å². The molecule has 3 aromatic rings. The number of anilines is 1. The van der Waals surface area contributed by atoms with Gasteiger partial charge in [-0.3, -0.25) is 4.79 Å². The number of hydrogen-bond acceptors (Lipinski definition) is 3. The molecule has 0 saturated heterocycles. The number of aromatic nitrogens is 1. The number of rotatable bonds is 2. The Morgan fingerprint density at radius 3 is 2.67 bits per heavy atom. The first-order chi connectivity index (χ1) is 10.0. The van der Waals surface area contributed by atoms with Crippen LogP contribution in [0.2, 0.25) is 0 Å². The molecule has 3 rings (SSSR count). The fraction of sp³-hybridized carbons (Fsp3) is 0.176. The minimum atomic E-state index is -0.0804. The van der Waals surface area contributed by atoms with Crippen LogP contribution < -0.4 is 5.32 Å². The highest BCUT2D eigenvalue weighted by Crippen LogP contribution is 2.27. The van der Waals surface area contributed by atoms with Gasteiger partial charge in [-0.2, -0.15) is 0 Å². The highest BCUT2D eigenvalue weighted by atomic mass is 16.3. The van der Waals surface area contributed by atoms with Crippen LogP contribution in [0.25, 0.3) is 22.6 Å². The predicted molar refractivity (Wildman–Crippen MR) is 83.2 cm³/mol. The van der Waals surface area contributed by atoms with Gasteiger partial charge in [-0.05, 0) is 55.3 Å². The molecular formula is C17H16N2O2. The Balaban J connectivity index is 2.02. The van der Waals surface area contributed by atoms with Crippen molar-refractivity contribution in [3.8, 4) is 11.5 Å². The third kappa shape index (κ3) is 2.65. The molecule has 4 nitrogen and oxygen atoms in total. The lowest BCUT2D eigenvalue weighted by atomic mass is 10.1. The second-order valence-electron chi connectivity index (χ2n) is 5.20. The van der Waals surface area contributed by atoms with Gasteiger partial charge in [0, 0.05) is 18.2 Å². The second kappa shape index (κ2) is 5.05. The molecule has 0 unspecified atom stereocenters. The van der Waals surface area contributed by atoms with Crippen molar-refractivity contribution >= 4 is 22.7 Å². The van der Waals surface area contributed by atoms with Crippen LogP contribution in [0.15, 0.2) is 40.8 Å². The average Bonchev–Trinajstić information content (AvgIpc) is 2.83. The van der Waals surface area contributed by atoms with Crippen LogP contribution >= 0.6 is 0 Å². The summed E-state index contributed by atoms with van der Waals surface area (Å²) in [4.78, 5) is 15.6. The van der Waals surface area contributed by atoms with Crippen molar-refractivity contribution in [2.45, 2.75) is 20.8 Å². The SMILES string of the molecule is CC(=O)Nc1ccc(-c2nc3cc(C)ccc3o2)cc1C. The standard InChI is InChI=1S/C17H16N2O2/c1-10-4-7-16-15(8-10)19-17(21-16)13-5-6-14(11(2)9-13)18-12(3)20/h4-9H,1-3H3,(H,18,20). The molecule has 0 atom stereocenters. The number of amides is 1. The molecule has 0 radical (unpaired) electrons. The van der Waals surface area contributed by atoms with Crippen molar-refractivity contribution in [1.82, 2.24) is 4.98 Å². The van der Waals surface area contributed by atoms with E-state index in [1.165, 1.54) is 6.92 Å². The Morgan fingerprint density at radius 2 is 1.95 bits per heavy atom. The first-order valence-electron chi connectivity index (χ1n) is 6.79. The summed E-state index contributed by atoms with van der Waals surface area (Å²) < 4.78 is 5.79. The van der Waals surface area contributed by atoms with Crippen molar-refractivity contribution in [2.75, 3.05) is 5.32 Å². The number of carbonyl (C=O) groups excluding carboxylic acids is 1. The minimum absolute atomic E-state index is 0.0804. The maximum Gasteiger partial charge on any atom is 0.227 e. The van der Waals surface area contributed by atoms with Crippen molar-refractivity contribution in [3.05, 3.63) is 47.5 Å². The van der Waals surface area contributed by atoms with Gasteiger partial charge >= 0.3 is 0 Å². The first-order valence-corrected chi connectivity index (χ1v) is 6.79. The summed E-state index contributed by atoms with van der Waals surface area (Å²) in [5, 5.41) is 2.80. The summed E-state index contributed by atoms with van der Waals surface area (Å²) in [6.45, 7) is 5.47. The molecule has 1 aromatic heterocycles. The van der Waals surface area contributed by atoms with Crippen LogP contribution in [0.5, 0.6) is 0 Å². The zero-order chi connectivity index (χ0) is 15.0. The Bertz CT molecular complexity index is 834. The van der Waals surface area contributed by atoms with E-state index in [0.717, 1.165) is 33.5 Å². The number of nitrogens with one attached hydrogen (secondary N) is 1. The van der Waals surface area contributed by atoms with E-state index in [4.69, 9.17) is 4.42 Å². The number of nitrogens with zero attached hydrogens (tertiary/aromatic N) is 1. The lowest BCUT2D eigenvalue weighted by Gasteiger charge is -2.07. The van der Waals surface area contributed by atoms with E-state index in [0.29, 0.717) is 5.89 Å². The molecule has 4 heteroatoms. The van der Waals surface area contributed by atoms with Gasteiger partial charge in [0.05, 0.1) is 0 Å². The number of hydrogen-bond donors (Lipinski definition) is 1. The van der Waals surface area contributed by atoms with Gasteiger partial charge < -0.3 is 9.73 Å². The van der Waals surface area contributed by atoms with Gasteiger partial charge in [-0.15, -0.1) is 0 Å². The van der Waals surface area contributed by atoms with Crippen LogP contribution in [-0.2, 0) is 4.79 Å². The van der Waals surface area contributed by atoms with Crippen molar-refractivity contribution in [3.63, 3.8) is 0 Å². The van der Waals surface area contributed by atoms with E-state index >= 15 is 0 Å². The van der Waals surface area contributed by atoms with E-state index in [1.54, 1.807) is 0 Å². The largest absolute Gasteiger partial charge is 0.436 e. The Morgan fingerprint density at radius 1 is 1.14 bits per heavy atom. The van der Waals surface area contributed by atoms with Crippen LogP contribution in [-0.4, -0.2) is 10.9 Å². The monoisotopic (exact) mass is 280 g/mol. The van der Waals surface area contributed by atoms with Crippen LogP contribution in [0, 0.1) is 13.8 Å². The lowest BCUT2D eigenvalue weighted by Crippen LogP contribution is -2.06. The van der Waals surface area contributed by atoms with Gasteiger partial charge in [-0.25, -0.2) is 4.98 Å². The van der Waals surface area contributed by atoms with Crippen LogP contribution in [0.3, 0.4) is 0 Å². The summed E-state index contributed by atoms with van der Waals surface area (Å²) >= 11 is 0. The highest BCUT2D eigenvalue weighted by Gasteiger charge is 2.10. The topological polar surface area (TPSA) is 55.1 Å². The van der Waals surface area contributed by atoms with E-state index in [9.17, 15) is 4.79 Å². The van der Waals surface area contributed by atoms with E-state index in [1.807, 2.05) is 50.2 Å². The van der Waals surface area contributed by atoms with Crippen LogP contribution in [0.4, 0.5) is 5.69 Å². The minimum Gasteiger partial charge on any atom is -0.436 e. The second-order valence-corrected chi connectivity index (χ2v) is 5.20. The van der Waals surface area contributed by atoms with E-state index in [-0.39, 0.29) is 5.91 Å². The number of fused-ring (bicyclic) bond motifs is 1. The van der Waals surface area contributed by atoms with Crippen molar-refractivity contribution < 1.29 is 9.21 Å². The zero-order valence-electron chi connectivity index (χ0n) is 12.2. The fourth-order valence-electron chi connectivity index (χ4n) is 2.29. The molecule has 0 aliphatic rings. The van der Waals surface area contributed by atoms with Crippen LogP contribution in [0.1, 0.15) is 18.1 Å². The molecule has 1 N–H and O–H groups in total. The first kappa shape index (κ1) is 13.4. The normalized spacial score (nSPS) is 10.8. The van der Waals surface area contributed by atoms with Crippen molar-refractivity contribution in [1.29, 1.82) is 0 Å². The molecule has 0 aliphatic carbocycles.